The van der Waals surface area contributed by atoms with Crippen molar-refractivity contribution >= 4 is 57.3 Å². The van der Waals surface area contributed by atoms with Crippen LogP contribution in [0.1, 0.15) is 42.5 Å². The van der Waals surface area contributed by atoms with Crippen LogP contribution in [-0.2, 0) is 27.3 Å². The molecule has 1 saturated carbocycles. The van der Waals surface area contributed by atoms with Crippen LogP contribution in [0.4, 0.5) is 10.5 Å². The highest BCUT2D eigenvalue weighted by Gasteiger charge is 2.45. The highest BCUT2D eigenvalue weighted by molar-refractivity contribution is 7.19. The van der Waals surface area contributed by atoms with Gasteiger partial charge in [-0.1, -0.05) is 11.6 Å². The predicted octanol–water partition coefficient (Wildman–Crippen LogP) is 4.83. The fraction of sp³-hybridized carbons (Fsp3) is 0.429. The standard InChI is InChI=1S/C27H27ClN4O3S.CH2O2/c28-17-9-16-3-1-8-31(18-12-27(30-13-18)5-2-6-27)24(16)21(10-17)20-4-7-29-22-11-19(36-25(20)22)14-32-23(33)15-35-26(32)34;2-1-3/h4,7,9-11,18,30H,1-3,5-6,8,12-15H2;1H,(H,2,3)/t18-;/m0./s1. The summed E-state index contributed by atoms with van der Waals surface area (Å²) in [6, 6.07) is 8.75. The van der Waals surface area contributed by atoms with Gasteiger partial charge in [-0.25, -0.2) is 9.69 Å². The number of benzene rings is 1. The lowest BCUT2D eigenvalue weighted by Gasteiger charge is -2.41. The van der Waals surface area contributed by atoms with Crippen LogP contribution in [0.15, 0.2) is 30.5 Å². The second-order valence-electron chi connectivity index (χ2n) is 10.6. The van der Waals surface area contributed by atoms with Gasteiger partial charge in [0.05, 0.1) is 16.8 Å². The first-order valence-electron chi connectivity index (χ1n) is 13.2. The number of aryl methyl sites for hydroxylation is 1. The topological polar surface area (TPSA) is 112 Å². The minimum atomic E-state index is -0.584. The molecule has 5 heterocycles. The molecule has 204 valence electrons. The third kappa shape index (κ3) is 4.74. The number of cyclic esters (lactones) is 1. The van der Waals surface area contributed by atoms with E-state index in [4.69, 9.17) is 26.2 Å². The molecule has 2 amide bonds. The molecule has 0 radical (unpaired) electrons. The molecule has 2 aromatic heterocycles. The number of carboxylic acid groups (broad SMARTS) is 1. The van der Waals surface area contributed by atoms with Crippen LogP contribution < -0.4 is 10.2 Å². The van der Waals surface area contributed by atoms with Gasteiger partial charge in [-0.2, -0.15) is 0 Å². The number of rotatable bonds is 4. The van der Waals surface area contributed by atoms with Crippen LogP contribution in [0, 0.1) is 0 Å². The van der Waals surface area contributed by atoms with Crippen molar-refractivity contribution in [1.29, 1.82) is 0 Å². The maximum atomic E-state index is 12.1. The summed E-state index contributed by atoms with van der Waals surface area (Å²) in [5, 5.41) is 11.5. The second kappa shape index (κ2) is 10.4. The fourth-order valence-corrected chi connectivity index (χ4v) is 7.78. The number of halogens is 1. The molecule has 4 aliphatic rings. The molecule has 2 saturated heterocycles. The van der Waals surface area contributed by atoms with Crippen molar-refractivity contribution in [3.63, 3.8) is 0 Å². The molecular weight excluding hydrogens is 540 g/mol. The van der Waals surface area contributed by atoms with Crippen molar-refractivity contribution in [1.82, 2.24) is 15.2 Å². The second-order valence-corrected chi connectivity index (χ2v) is 12.1. The Morgan fingerprint density at radius 2 is 2.05 bits per heavy atom. The molecule has 3 fully saturated rings. The Bertz CT molecular complexity index is 1440. The van der Waals surface area contributed by atoms with E-state index < -0.39 is 6.09 Å². The molecule has 11 heteroatoms. The Morgan fingerprint density at radius 1 is 1.23 bits per heavy atom. The smallest absolute Gasteiger partial charge is 0.417 e. The van der Waals surface area contributed by atoms with Crippen LogP contribution >= 0.6 is 22.9 Å². The van der Waals surface area contributed by atoms with Gasteiger partial charge >= 0.3 is 6.09 Å². The van der Waals surface area contributed by atoms with Crippen LogP contribution in [0.3, 0.4) is 0 Å². The first-order chi connectivity index (χ1) is 18.9. The molecule has 1 atom stereocenters. The predicted molar refractivity (Wildman–Crippen MR) is 149 cm³/mol. The number of imide groups is 1. The van der Waals surface area contributed by atoms with Crippen molar-refractivity contribution in [2.24, 2.45) is 0 Å². The normalized spacial score (nSPS) is 21.4. The molecule has 2 N–H and O–H groups in total. The van der Waals surface area contributed by atoms with Gasteiger partial charge in [0.2, 0.25) is 0 Å². The van der Waals surface area contributed by atoms with E-state index in [2.05, 4.69) is 33.4 Å². The first kappa shape index (κ1) is 26.0. The number of ether oxygens (including phenoxy) is 1. The third-order valence-corrected chi connectivity index (χ3v) is 9.64. The molecule has 1 spiro atoms. The van der Waals surface area contributed by atoms with E-state index in [1.54, 1.807) is 11.3 Å². The van der Waals surface area contributed by atoms with Gasteiger partial charge in [0.1, 0.15) is 0 Å². The summed E-state index contributed by atoms with van der Waals surface area (Å²) in [4.78, 5) is 41.7. The molecular formula is C28H29ClN4O5S. The Morgan fingerprint density at radius 3 is 2.74 bits per heavy atom. The highest BCUT2D eigenvalue weighted by atomic mass is 35.5. The maximum absolute atomic E-state index is 12.1. The number of fused-ring (bicyclic) bond motifs is 2. The zero-order chi connectivity index (χ0) is 27.1. The lowest BCUT2D eigenvalue weighted by Crippen LogP contribution is -2.46. The Kier molecular flexibility index (Phi) is 6.95. The van der Waals surface area contributed by atoms with Crippen molar-refractivity contribution in [2.75, 3.05) is 24.6 Å². The quantitative estimate of drug-likeness (QED) is 0.430. The van der Waals surface area contributed by atoms with Crippen molar-refractivity contribution in [2.45, 2.75) is 56.7 Å². The summed E-state index contributed by atoms with van der Waals surface area (Å²) >= 11 is 8.25. The summed E-state index contributed by atoms with van der Waals surface area (Å²) in [5.74, 6) is -0.306. The van der Waals surface area contributed by atoms with E-state index >= 15 is 0 Å². The number of hydrogen-bond acceptors (Lipinski definition) is 8. The minimum absolute atomic E-state index is 0.185. The number of carbonyl (C=O) groups excluding carboxylic acids is 2. The molecule has 3 aliphatic heterocycles. The van der Waals surface area contributed by atoms with E-state index in [0.29, 0.717) is 11.6 Å². The molecule has 39 heavy (non-hydrogen) atoms. The number of amides is 2. The number of thiophene rings is 1. The SMILES string of the molecule is O=C1COC(=O)N1Cc1cc2nccc(-c3cc(Cl)cc4c3N([C@@H]3CNC5(CCC5)C3)CCC4)c2s1.O=CO. The van der Waals surface area contributed by atoms with Gasteiger partial charge < -0.3 is 20.1 Å². The Labute approximate surface area is 234 Å². The monoisotopic (exact) mass is 568 g/mol. The van der Waals surface area contributed by atoms with Gasteiger partial charge in [-0.15, -0.1) is 11.3 Å². The fourth-order valence-electron chi connectivity index (χ4n) is 6.41. The average molecular weight is 569 g/mol. The van der Waals surface area contributed by atoms with Crippen molar-refractivity contribution in [3.8, 4) is 11.1 Å². The van der Waals surface area contributed by atoms with Crippen LogP contribution in [0.2, 0.25) is 5.02 Å². The van der Waals surface area contributed by atoms with Crippen molar-refractivity contribution in [3.05, 3.63) is 45.9 Å². The molecule has 0 bridgehead atoms. The van der Waals surface area contributed by atoms with Crippen LogP contribution in [-0.4, -0.2) is 64.7 Å². The van der Waals surface area contributed by atoms with Gasteiger partial charge in [-0.05, 0) is 68.4 Å². The molecule has 1 aromatic carbocycles. The van der Waals surface area contributed by atoms with E-state index in [0.717, 1.165) is 62.1 Å². The molecule has 1 aliphatic carbocycles. The summed E-state index contributed by atoms with van der Waals surface area (Å²) in [6.07, 6.45) is 8.50. The van der Waals surface area contributed by atoms with E-state index in [1.165, 1.54) is 36.9 Å². The third-order valence-electron chi connectivity index (χ3n) is 8.28. The number of hydrogen-bond donors (Lipinski definition) is 2. The maximum Gasteiger partial charge on any atom is 0.417 e. The zero-order valence-electron chi connectivity index (χ0n) is 21.3. The van der Waals surface area contributed by atoms with Gasteiger partial charge in [0, 0.05) is 57.6 Å². The highest BCUT2D eigenvalue weighted by Crippen LogP contribution is 2.47. The summed E-state index contributed by atoms with van der Waals surface area (Å²) in [7, 11) is 0. The summed E-state index contributed by atoms with van der Waals surface area (Å²) in [5.41, 5.74) is 6.06. The minimum Gasteiger partial charge on any atom is -0.483 e. The van der Waals surface area contributed by atoms with E-state index in [-0.39, 0.29) is 25.5 Å². The first-order valence-corrected chi connectivity index (χ1v) is 14.4. The number of nitrogens with one attached hydrogen (secondary N) is 1. The molecule has 7 rings (SSSR count). The Balaban J connectivity index is 0.000000883. The van der Waals surface area contributed by atoms with Gasteiger partial charge in [-0.3, -0.25) is 14.6 Å². The molecule has 9 nitrogen and oxygen atoms in total. The number of pyridine rings is 1. The largest absolute Gasteiger partial charge is 0.483 e. The molecule has 0 unspecified atom stereocenters. The average Bonchev–Trinajstić information content (AvgIpc) is 3.61. The van der Waals surface area contributed by atoms with E-state index in [9.17, 15) is 9.59 Å². The summed E-state index contributed by atoms with van der Waals surface area (Å²) in [6.45, 7) is 1.84. The molecule has 3 aromatic rings. The lowest BCUT2D eigenvalue weighted by atomic mass is 9.75. The van der Waals surface area contributed by atoms with Gasteiger partial charge in [0.15, 0.2) is 6.61 Å². The Hall–Kier alpha value is -3.21. The van der Waals surface area contributed by atoms with Crippen molar-refractivity contribution < 1.29 is 24.2 Å². The number of carbonyl (C=O) groups is 3. The van der Waals surface area contributed by atoms with Gasteiger partial charge in [0.25, 0.3) is 12.4 Å². The van der Waals surface area contributed by atoms with Crippen LogP contribution in [0.25, 0.3) is 21.3 Å². The number of nitrogens with zero attached hydrogens (tertiary/aromatic N) is 3. The summed E-state index contributed by atoms with van der Waals surface area (Å²) < 4.78 is 5.93. The zero-order valence-corrected chi connectivity index (χ0v) is 22.9. The number of aromatic nitrogens is 1. The lowest BCUT2D eigenvalue weighted by molar-refractivity contribution is -0.126. The van der Waals surface area contributed by atoms with E-state index in [1.807, 2.05) is 12.3 Å². The number of anilines is 1. The van der Waals surface area contributed by atoms with Crippen LogP contribution in [0.5, 0.6) is 0 Å².